The van der Waals surface area contributed by atoms with Crippen LogP contribution >= 0.6 is 0 Å². The molecule has 2 fully saturated rings. The second kappa shape index (κ2) is 3.48. The molecule has 0 nitrogen and oxygen atoms in total. The van der Waals surface area contributed by atoms with Gasteiger partial charge in [0.05, 0.1) is 0 Å². The lowest BCUT2D eigenvalue weighted by Gasteiger charge is -2.30. The first kappa shape index (κ1) is 9.30. The first-order valence-corrected chi connectivity index (χ1v) is 5.86. The molecule has 2 bridgehead atoms. The molecule has 74 valence electrons. The van der Waals surface area contributed by atoms with E-state index >= 15 is 0 Å². The third-order valence-electron chi connectivity index (χ3n) is 4.33. The molecule has 0 aromatic rings. The van der Waals surface area contributed by atoms with Gasteiger partial charge in [-0.1, -0.05) is 18.9 Å². The third kappa shape index (κ3) is 1.56. The van der Waals surface area contributed by atoms with Crippen LogP contribution in [0.1, 0.15) is 46.0 Å². The highest BCUT2D eigenvalue weighted by Gasteiger charge is 2.45. The highest BCUT2D eigenvalue weighted by molar-refractivity contribution is 5.01. The summed E-state index contributed by atoms with van der Waals surface area (Å²) in [5, 5.41) is 0. The molecule has 13 heavy (non-hydrogen) atoms. The summed E-state index contributed by atoms with van der Waals surface area (Å²) < 4.78 is 0. The molecule has 0 aromatic heterocycles. The lowest BCUT2D eigenvalue weighted by Crippen LogP contribution is -2.21. The van der Waals surface area contributed by atoms with Crippen LogP contribution in [0.5, 0.6) is 0 Å². The number of allylic oxidation sites excluding steroid dienone is 1. The average molecular weight is 178 g/mol. The predicted octanol–water partition coefficient (Wildman–Crippen LogP) is 4.02. The van der Waals surface area contributed by atoms with Gasteiger partial charge < -0.3 is 0 Å². The van der Waals surface area contributed by atoms with Gasteiger partial charge in [-0.05, 0) is 56.3 Å². The zero-order chi connectivity index (χ0) is 9.42. The summed E-state index contributed by atoms with van der Waals surface area (Å²) in [7, 11) is 0. The summed E-state index contributed by atoms with van der Waals surface area (Å²) >= 11 is 0. The molecular formula is C13H22. The summed E-state index contributed by atoms with van der Waals surface area (Å²) in [5.74, 6) is 4.18. The molecule has 0 spiro atoms. The van der Waals surface area contributed by atoms with Gasteiger partial charge in [-0.15, -0.1) is 6.58 Å². The van der Waals surface area contributed by atoms with E-state index in [1.54, 1.807) is 0 Å². The van der Waals surface area contributed by atoms with Crippen LogP contribution in [0.4, 0.5) is 0 Å². The van der Waals surface area contributed by atoms with Crippen molar-refractivity contribution >= 4 is 0 Å². The zero-order valence-electron chi connectivity index (χ0n) is 9.05. The van der Waals surface area contributed by atoms with Crippen molar-refractivity contribution in [3.8, 4) is 0 Å². The van der Waals surface area contributed by atoms with Gasteiger partial charge in [0.1, 0.15) is 0 Å². The van der Waals surface area contributed by atoms with Crippen LogP contribution in [0.15, 0.2) is 12.2 Å². The van der Waals surface area contributed by atoms with Crippen LogP contribution in [0.3, 0.4) is 0 Å². The molecule has 0 saturated heterocycles. The van der Waals surface area contributed by atoms with Crippen molar-refractivity contribution in [1.82, 2.24) is 0 Å². The van der Waals surface area contributed by atoms with Crippen molar-refractivity contribution in [2.24, 2.45) is 23.7 Å². The molecule has 0 N–H and O–H groups in total. The summed E-state index contributed by atoms with van der Waals surface area (Å²) in [6.07, 6.45) is 7.28. The van der Waals surface area contributed by atoms with E-state index in [1.165, 1.54) is 37.7 Å². The maximum Gasteiger partial charge on any atom is -0.0292 e. The predicted molar refractivity (Wildman–Crippen MR) is 57.5 cm³/mol. The minimum absolute atomic E-state index is 1.00. The normalized spacial score (nSPS) is 42.6. The Hall–Kier alpha value is -0.260. The maximum atomic E-state index is 4.07. The molecule has 0 aromatic carbocycles. The Bertz CT molecular complexity index is 204. The number of rotatable bonds is 3. The molecule has 0 amide bonds. The van der Waals surface area contributed by atoms with Gasteiger partial charge in [-0.3, -0.25) is 0 Å². The van der Waals surface area contributed by atoms with E-state index in [2.05, 4.69) is 20.4 Å². The quantitative estimate of drug-likeness (QED) is 0.572. The molecule has 4 unspecified atom stereocenters. The van der Waals surface area contributed by atoms with Crippen molar-refractivity contribution in [3.05, 3.63) is 12.2 Å². The van der Waals surface area contributed by atoms with E-state index in [9.17, 15) is 0 Å². The second-order valence-electron chi connectivity index (χ2n) is 5.23. The molecule has 2 aliphatic rings. The highest BCUT2D eigenvalue weighted by atomic mass is 14.5. The molecule has 0 heterocycles. The van der Waals surface area contributed by atoms with Crippen LogP contribution < -0.4 is 0 Å². The largest absolute Gasteiger partial charge is 0.100 e. The third-order valence-corrected chi connectivity index (χ3v) is 4.33. The Morgan fingerprint density at radius 2 is 1.85 bits per heavy atom. The Labute approximate surface area is 82.4 Å². The van der Waals surface area contributed by atoms with Gasteiger partial charge in [0.25, 0.3) is 0 Å². The number of fused-ring (bicyclic) bond motifs is 2. The van der Waals surface area contributed by atoms with Gasteiger partial charge in [-0.2, -0.15) is 0 Å². The summed E-state index contributed by atoms with van der Waals surface area (Å²) in [6.45, 7) is 8.64. The lowest BCUT2D eigenvalue weighted by atomic mass is 9.75. The van der Waals surface area contributed by atoms with Crippen LogP contribution in [-0.4, -0.2) is 0 Å². The molecule has 2 saturated carbocycles. The maximum absolute atomic E-state index is 4.07. The fraction of sp³-hybridized carbons (Fsp3) is 0.846. The topological polar surface area (TPSA) is 0 Å². The fourth-order valence-corrected chi connectivity index (χ4v) is 3.89. The summed E-state index contributed by atoms with van der Waals surface area (Å²) in [5.41, 5.74) is 1.40. The summed E-state index contributed by atoms with van der Waals surface area (Å²) in [6, 6.07) is 0. The molecule has 4 atom stereocenters. The highest BCUT2D eigenvalue weighted by Crippen LogP contribution is 2.55. The molecule has 2 aliphatic carbocycles. The van der Waals surface area contributed by atoms with Crippen LogP contribution in [-0.2, 0) is 0 Å². The van der Waals surface area contributed by atoms with Gasteiger partial charge in [0, 0.05) is 0 Å². The van der Waals surface area contributed by atoms with Gasteiger partial charge in [-0.25, -0.2) is 0 Å². The van der Waals surface area contributed by atoms with E-state index in [4.69, 9.17) is 0 Å². The Morgan fingerprint density at radius 1 is 1.23 bits per heavy atom. The van der Waals surface area contributed by atoms with Gasteiger partial charge in [0.2, 0.25) is 0 Å². The SMILES string of the molecule is C=C(C)CC1C2CCC(C2)C1CC. The Balaban J connectivity index is 2.04. The molecule has 0 heteroatoms. The van der Waals surface area contributed by atoms with Crippen molar-refractivity contribution in [2.75, 3.05) is 0 Å². The number of hydrogen-bond donors (Lipinski definition) is 0. The van der Waals surface area contributed by atoms with E-state index in [1.807, 2.05) is 0 Å². The molecule has 0 radical (unpaired) electrons. The second-order valence-corrected chi connectivity index (χ2v) is 5.23. The van der Waals surface area contributed by atoms with Crippen molar-refractivity contribution < 1.29 is 0 Å². The lowest BCUT2D eigenvalue weighted by molar-refractivity contribution is 0.213. The standard InChI is InChI=1S/C13H22/c1-4-12-10-5-6-11(8-10)13(12)7-9(2)3/h10-13H,2,4-8H2,1,3H3. The van der Waals surface area contributed by atoms with Crippen molar-refractivity contribution in [3.63, 3.8) is 0 Å². The summed E-state index contributed by atoms with van der Waals surface area (Å²) in [4.78, 5) is 0. The van der Waals surface area contributed by atoms with Crippen molar-refractivity contribution in [1.29, 1.82) is 0 Å². The molecular weight excluding hydrogens is 156 g/mol. The van der Waals surface area contributed by atoms with Crippen molar-refractivity contribution in [2.45, 2.75) is 46.0 Å². The zero-order valence-corrected chi connectivity index (χ0v) is 9.05. The van der Waals surface area contributed by atoms with Gasteiger partial charge in [0.15, 0.2) is 0 Å². The van der Waals surface area contributed by atoms with Crippen LogP contribution in [0.25, 0.3) is 0 Å². The Morgan fingerprint density at radius 3 is 2.38 bits per heavy atom. The number of hydrogen-bond acceptors (Lipinski definition) is 0. The van der Waals surface area contributed by atoms with Crippen LogP contribution in [0, 0.1) is 23.7 Å². The minimum atomic E-state index is 1.00. The monoisotopic (exact) mass is 178 g/mol. The first-order chi connectivity index (χ1) is 6.22. The van der Waals surface area contributed by atoms with E-state index in [-0.39, 0.29) is 0 Å². The van der Waals surface area contributed by atoms with Crippen LogP contribution in [0.2, 0.25) is 0 Å². The smallest absolute Gasteiger partial charge is 0.0292 e. The van der Waals surface area contributed by atoms with E-state index in [0.29, 0.717) is 0 Å². The molecule has 2 rings (SSSR count). The van der Waals surface area contributed by atoms with Gasteiger partial charge >= 0.3 is 0 Å². The Kier molecular flexibility index (Phi) is 2.49. The fourth-order valence-electron chi connectivity index (χ4n) is 3.89. The average Bonchev–Trinajstić information content (AvgIpc) is 2.62. The molecule has 0 aliphatic heterocycles. The van der Waals surface area contributed by atoms with E-state index in [0.717, 1.165) is 23.7 Å². The van der Waals surface area contributed by atoms with E-state index < -0.39 is 0 Å². The first-order valence-electron chi connectivity index (χ1n) is 5.86. The minimum Gasteiger partial charge on any atom is -0.100 e.